The predicted octanol–water partition coefficient (Wildman–Crippen LogP) is 2.27. The molecule has 2 rings (SSSR count). The second kappa shape index (κ2) is 5.10. The second-order valence-electron chi connectivity index (χ2n) is 3.46. The molecule has 0 unspecified atom stereocenters. The molecule has 0 aliphatic rings. The van der Waals surface area contributed by atoms with Crippen molar-refractivity contribution >= 4 is 17.5 Å². The molecule has 2 aromatic rings. The Kier molecular flexibility index (Phi) is 3.34. The molecule has 18 heavy (non-hydrogen) atoms. The highest BCUT2D eigenvalue weighted by molar-refractivity contribution is 5.59. The molecule has 0 amide bonds. The van der Waals surface area contributed by atoms with Gasteiger partial charge in [-0.3, -0.25) is 0 Å². The Bertz CT molecular complexity index is 606. The van der Waals surface area contributed by atoms with Crippen molar-refractivity contribution in [1.29, 1.82) is 5.26 Å². The largest absolute Gasteiger partial charge is 0.357 e. The number of benzene rings is 1. The first-order valence-corrected chi connectivity index (χ1v) is 5.20. The Balaban J connectivity index is 2.30. The van der Waals surface area contributed by atoms with Gasteiger partial charge in [0.25, 0.3) is 0 Å². The van der Waals surface area contributed by atoms with Crippen molar-refractivity contribution in [2.45, 2.75) is 0 Å². The van der Waals surface area contributed by atoms with Gasteiger partial charge in [-0.25, -0.2) is 9.37 Å². The summed E-state index contributed by atoms with van der Waals surface area (Å²) in [5, 5.41) is 14.3. The molecule has 0 saturated heterocycles. The van der Waals surface area contributed by atoms with Crippen LogP contribution in [0.1, 0.15) is 5.56 Å². The smallest absolute Gasteiger partial charge is 0.224 e. The van der Waals surface area contributed by atoms with Crippen LogP contribution in [-0.4, -0.2) is 17.0 Å². The van der Waals surface area contributed by atoms with Crippen LogP contribution in [-0.2, 0) is 0 Å². The normalized spacial score (nSPS) is 9.61. The number of halogens is 1. The van der Waals surface area contributed by atoms with Crippen molar-refractivity contribution < 1.29 is 4.39 Å². The Morgan fingerprint density at radius 1 is 1.39 bits per heavy atom. The standard InChI is InChI=1S/C12H10FN5/c1-15-12-16-7-10(13)11(18-12)17-9-4-2-3-8(5-9)6-14/h2-5,7H,1H3,(H2,15,16,17,18). The molecule has 90 valence electrons. The Morgan fingerprint density at radius 3 is 2.94 bits per heavy atom. The van der Waals surface area contributed by atoms with E-state index in [4.69, 9.17) is 5.26 Å². The maximum absolute atomic E-state index is 13.5. The van der Waals surface area contributed by atoms with E-state index in [1.54, 1.807) is 31.3 Å². The summed E-state index contributed by atoms with van der Waals surface area (Å²) in [6.45, 7) is 0. The van der Waals surface area contributed by atoms with Crippen LogP contribution in [0.3, 0.4) is 0 Å². The lowest BCUT2D eigenvalue weighted by Gasteiger charge is -2.07. The van der Waals surface area contributed by atoms with E-state index in [0.717, 1.165) is 6.20 Å². The summed E-state index contributed by atoms with van der Waals surface area (Å²) in [7, 11) is 1.65. The monoisotopic (exact) mass is 243 g/mol. The van der Waals surface area contributed by atoms with Crippen LogP contribution in [0.15, 0.2) is 30.5 Å². The van der Waals surface area contributed by atoms with Gasteiger partial charge in [0.2, 0.25) is 5.95 Å². The number of hydrogen-bond acceptors (Lipinski definition) is 5. The number of rotatable bonds is 3. The first-order chi connectivity index (χ1) is 8.72. The molecule has 0 aliphatic heterocycles. The number of anilines is 3. The van der Waals surface area contributed by atoms with Gasteiger partial charge in [-0.15, -0.1) is 0 Å². The molecular weight excluding hydrogens is 233 g/mol. The molecule has 1 aromatic carbocycles. The summed E-state index contributed by atoms with van der Waals surface area (Å²) in [5.41, 5.74) is 1.08. The van der Waals surface area contributed by atoms with Crippen molar-refractivity contribution in [3.63, 3.8) is 0 Å². The van der Waals surface area contributed by atoms with Crippen LogP contribution >= 0.6 is 0 Å². The van der Waals surface area contributed by atoms with Gasteiger partial charge in [0.15, 0.2) is 11.6 Å². The van der Waals surface area contributed by atoms with Crippen molar-refractivity contribution in [3.05, 3.63) is 41.8 Å². The topological polar surface area (TPSA) is 73.6 Å². The summed E-state index contributed by atoms with van der Waals surface area (Å²) in [4.78, 5) is 7.69. The van der Waals surface area contributed by atoms with Gasteiger partial charge in [0, 0.05) is 12.7 Å². The molecule has 0 radical (unpaired) electrons. The minimum atomic E-state index is -0.559. The van der Waals surface area contributed by atoms with E-state index in [2.05, 4.69) is 20.6 Å². The first kappa shape index (κ1) is 11.8. The van der Waals surface area contributed by atoms with Gasteiger partial charge in [-0.2, -0.15) is 10.2 Å². The summed E-state index contributed by atoms with van der Waals surface area (Å²) < 4.78 is 13.5. The zero-order chi connectivity index (χ0) is 13.0. The van der Waals surface area contributed by atoms with Crippen molar-refractivity contribution in [2.24, 2.45) is 0 Å². The molecule has 0 spiro atoms. The third-order valence-electron chi connectivity index (χ3n) is 2.22. The van der Waals surface area contributed by atoms with E-state index in [9.17, 15) is 4.39 Å². The van der Waals surface area contributed by atoms with Gasteiger partial charge in [0.05, 0.1) is 17.8 Å². The van der Waals surface area contributed by atoms with Crippen LogP contribution in [0.5, 0.6) is 0 Å². The van der Waals surface area contributed by atoms with E-state index >= 15 is 0 Å². The van der Waals surface area contributed by atoms with Crippen molar-refractivity contribution in [3.8, 4) is 6.07 Å². The minimum Gasteiger partial charge on any atom is -0.357 e. The predicted molar refractivity (Wildman–Crippen MR) is 66.0 cm³/mol. The maximum Gasteiger partial charge on any atom is 0.224 e. The first-order valence-electron chi connectivity index (χ1n) is 5.20. The third kappa shape index (κ3) is 2.52. The number of nitriles is 1. The Morgan fingerprint density at radius 2 is 2.22 bits per heavy atom. The summed E-state index contributed by atoms with van der Waals surface area (Å²) in [5.74, 6) is -0.184. The van der Waals surface area contributed by atoms with Crippen LogP contribution in [0, 0.1) is 17.1 Å². The maximum atomic E-state index is 13.5. The van der Waals surface area contributed by atoms with E-state index < -0.39 is 5.82 Å². The molecule has 6 heteroatoms. The average Bonchev–Trinajstić information content (AvgIpc) is 2.41. The zero-order valence-corrected chi connectivity index (χ0v) is 9.61. The molecule has 0 atom stereocenters. The molecule has 0 saturated carbocycles. The third-order valence-corrected chi connectivity index (χ3v) is 2.22. The van der Waals surface area contributed by atoms with Crippen molar-refractivity contribution in [2.75, 3.05) is 17.7 Å². The van der Waals surface area contributed by atoms with Crippen LogP contribution in [0.2, 0.25) is 0 Å². The molecule has 0 fully saturated rings. The van der Waals surface area contributed by atoms with E-state index in [-0.39, 0.29) is 5.82 Å². The highest BCUT2D eigenvalue weighted by Crippen LogP contribution is 2.19. The van der Waals surface area contributed by atoms with Gasteiger partial charge < -0.3 is 10.6 Å². The highest BCUT2D eigenvalue weighted by atomic mass is 19.1. The van der Waals surface area contributed by atoms with Crippen LogP contribution < -0.4 is 10.6 Å². The van der Waals surface area contributed by atoms with Gasteiger partial charge in [-0.05, 0) is 18.2 Å². The highest BCUT2D eigenvalue weighted by Gasteiger charge is 2.06. The summed E-state index contributed by atoms with van der Waals surface area (Å²) >= 11 is 0. The van der Waals surface area contributed by atoms with Crippen LogP contribution in [0.4, 0.5) is 21.8 Å². The quantitative estimate of drug-likeness (QED) is 0.865. The SMILES string of the molecule is CNc1ncc(F)c(Nc2cccc(C#N)c2)n1. The Hall–Kier alpha value is -2.68. The molecule has 0 aliphatic carbocycles. The summed E-state index contributed by atoms with van der Waals surface area (Å²) in [6.07, 6.45) is 1.08. The molecule has 1 heterocycles. The van der Waals surface area contributed by atoms with Crippen molar-refractivity contribution in [1.82, 2.24) is 9.97 Å². The molecule has 1 aromatic heterocycles. The van der Waals surface area contributed by atoms with Gasteiger partial charge >= 0.3 is 0 Å². The molecule has 2 N–H and O–H groups in total. The van der Waals surface area contributed by atoms with E-state index in [1.165, 1.54) is 0 Å². The van der Waals surface area contributed by atoms with Gasteiger partial charge in [-0.1, -0.05) is 6.07 Å². The number of nitrogens with zero attached hydrogens (tertiary/aromatic N) is 3. The number of aromatic nitrogens is 2. The number of hydrogen-bond donors (Lipinski definition) is 2. The fourth-order valence-corrected chi connectivity index (χ4v) is 1.38. The molecule has 0 bridgehead atoms. The zero-order valence-electron chi connectivity index (χ0n) is 9.61. The summed E-state index contributed by atoms with van der Waals surface area (Å²) in [6, 6.07) is 8.72. The molecular formula is C12H10FN5. The fraction of sp³-hybridized carbons (Fsp3) is 0.0833. The lowest BCUT2D eigenvalue weighted by Crippen LogP contribution is -2.03. The average molecular weight is 243 g/mol. The molecule has 5 nitrogen and oxygen atoms in total. The van der Waals surface area contributed by atoms with E-state index in [1.807, 2.05) is 6.07 Å². The Labute approximate surface area is 103 Å². The van der Waals surface area contributed by atoms with Crippen LogP contribution in [0.25, 0.3) is 0 Å². The number of nitrogens with one attached hydrogen (secondary N) is 2. The fourth-order valence-electron chi connectivity index (χ4n) is 1.38. The minimum absolute atomic E-state index is 0.0597. The van der Waals surface area contributed by atoms with Gasteiger partial charge in [0.1, 0.15) is 0 Å². The lowest BCUT2D eigenvalue weighted by molar-refractivity contribution is 0.619. The van der Waals surface area contributed by atoms with E-state index in [0.29, 0.717) is 17.2 Å². The second-order valence-corrected chi connectivity index (χ2v) is 3.46. The lowest BCUT2D eigenvalue weighted by atomic mass is 10.2.